The van der Waals surface area contributed by atoms with E-state index in [4.69, 9.17) is 15.1 Å². The van der Waals surface area contributed by atoms with Crippen LogP contribution in [-0.4, -0.2) is 62.2 Å². The quantitative estimate of drug-likeness (QED) is 0.152. The van der Waals surface area contributed by atoms with Gasteiger partial charge in [-0.25, -0.2) is 4.98 Å². The van der Waals surface area contributed by atoms with Gasteiger partial charge in [-0.1, -0.05) is 24.6 Å². The van der Waals surface area contributed by atoms with E-state index < -0.39 is 0 Å². The minimum atomic E-state index is -0.340. The highest BCUT2D eigenvalue weighted by atomic mass is 32.2. The van der Waals surface area contributed by atoms with E-state index in [0.717, 1.165) is 80.7 Å². The molecule has 0 bridgehead atoms. The van der Waals surface area contributed by atoms with Crippen molar-refractivity contribution in [2.24, 2.45) is 11.8 Å². The van der Waals surface area contributed by atoms with E-state index in [1.54, 1.807) is 7.11 Å². The molecule has 0 radical (unpaired) electrons. The molecule has 1 amide bonds. The predicted octanol–water partition coefficient (Wildman–Crippen LogP) is 4.80. The number of ether oxygens (including phenoxy) is 2. The second-order valence-electron chi connectivity index (χ2n) is 9.77. The molecule has 1 aromatic carbocycles. The molecule has 0 unspecified atom stereocenters. The topological polar surface area (TPSA) is 117 Å². The lowest BCUT2D eigenvalue weighted by atomic mass is 9.79. The van der Waals surface area contributed by atoms with Crippen molar-refractivity contribution < 1.29 is 19.1 Å². The number of rotatable bonds is 12. The number of nitrogens with zero attached hydrogens (tertiary/aromatic N) is 2. The van der Waals surface area contributed by atoms with Gasteiger partial charge in [0, 0.05) is 49.9 Å². The summed E-state index contributed by atoms with van der Waals surface area (Å²) in [6.45, 7) is 2.39. The second-order valence-corrected chi connectivity index (χ2v) is 10.7. The van der Waals surface area contributed by atoms with Crippen LogP contribution in [0.4, 0.5) is 17.2 Å². The fourth-order valence-electron chi connectivity index (χ4n) is 4.79. The molecule has 1 aliphatic heterocycles. The van der Waals surface area contributed by atoms with Crippen molar-refractivity contribution in [1.82, 2.24) is 9.71 Å². The zero-order valence-electron chi connectivity index (χ0n) is 22.1. The van der Waals surface area contributed by atoms with E-state index in [1.165, 1.54) is 7.11 Å². The molecule has 1 saturated heterocycles. The number of methoxy groups -OCH3 is 2. The second kappa shape index (κ2) is 13.6. The van der Waals surface area contributed by atoms with Crippen molar-refractivity contribution in [3.05, 3.63) is 47.7 Å². The Balaban J connectivity index is 1.67. The molecule has 1 aliphatic carbocycles. The van der Waals surface area contributed by atoms with Crippen molar-refractivity contribution in [3.8, 4) is 0 Å². The third-order valence-electron chi connectivity index (χ3n) is 7.21. The summed E-state index contributed by atoms with van der Waals surface area (Å²) >= 11 is 1.15. The van der Waals surface area contributed by atoms with E-state index in [1.807, 2.05) is 36.4 Å². The summed E-state index contributed by atoms with van der Waals surface area (Å²) in [5, 5.41) is 12.6. The SMILES string of the molecule is COCC1CCN(c2cc(C(=O)NSCCC(=O)OC)nc(Nc3ccccc3)c2C(=N)C2CCC2)CC1. The van der Waals surface area contributed by atoms with Gasteiger partial charge in [-0.05, 0) is 61.7 Å². The Hall–Kier alpha value is -3.11. The van der Waals surface area contributed by atoms with Crippen LogP contribution in [0.5, 0.6) is 0 Å². The maximum absolute atomic E-state index is 13.2. The fourth-order valence-corrected chi connectivity index (χ4v) is 5.40. The van der Waals surface area contributed by atoms with Crippen LogP contribution in [0.15, 0.2) is 36.4 Å². The monoisotopic (exact) mass is 539 g/mol. The van der Waals surface area contributed by atoms with Crippen LogP contribution in [0.3, 0.4) is 0 Å². The molecular formula is C28H37N5O4S. The molecule has 4 rings (SSSR count). The maximum Gasteiger partial charge on any atom is 0.306 e. The largest absolute Gasteiger partial charge is 0.469 e. The van der Waals surface area contributed by atoms with Gasteiger partial charge in [0.25, 0.3) is 5.91 Å². The van der Waals surface area contributed by atoms with Crippen LogP contribution in [0.2, 0.25) is 0 Å². The van der Waals surface area contributed by atoms with Gasteiger partial charge < -0.3 is 25.1 Å². The lowest BCUT2D eigenvalue weighted by Crippen LogP contribution is -2.37. The van der Waals surface area contributed by atoms with Crippen molar-refractivity contribution >= 4 is 46.7 Å². The summed E-state index contributed by atoms with van der Waals surface area (Å²) in [6, 6.07) is 11.5. The normalized spacial score (nSPS) is 16.0. The molecule has 204 valence electrons. The molecule has 10 heteroatoms. The van der Waals surface area contributed by atoms with Crippen LogP contribution >= 0.6 is 11.9 Å². The predicted molar refractivity (Wildman–Crippen MR) is 152 cm³/mol. The first-order valence-corrected chi connectivity index (χ1v) is 14.2. The maximum atomic E-state index is 13.2. The first-order chi connectivity index (χ1) is 18.5. The van der Waals surface area contributed by atoms with E-state index in [0.29, 0.717) is 23.2 Å². The number of hydrogen-bond acceptors (Lipinski definition) is 9. The van der Waals surface area contributed by atoms with E-state index in [2.05, 4.69) is 19.7 Å². The number of carbonyl (C=O) groups excluding carboxylic acids is 2. The smallest absolute Gasteiger partial charge is 0.306 e. The van der Waals surface area contributed by atoms with Crippen LogP contribution in [0, 0.1) is 17.2 Å². The summed E-state index contributed by atoms with van der Waals surface area (Å²) in [5.41, 5.74) is 3.34. The zero-order valence-corrected chi connectivity index (χ0v) is 22.9. The van der Waals surface area contributed by atoms with Gasteiger partial charge in [0.05, 0.1) is 24.8 Å². The Morgan fingerprint density at radius 3 is 2.50 bits per heavy atom. The molecule has 38 heavy (non-hydrogen) atoms. The minimum absolute atomic E-state index is 0.200. The molecule has 9 nitrogen and oxygen atoms in total. The number of benzene rings is 1. The van der Waals surface area contributed by atoms with E-state index in [9.17, 15) is 9.59 Å². The molecule has 2 fully saturated rings. The number of anilines is 3. The standard InChI is InChI=1S/C28H37N5O4S/c1-36-18-19-11-14-33(15-12-19)23-17-22(28(35)32-38-16-13-24(34)37-2)31-27(30-21-9-4-3-5-10-21)25(23)26(29)20-7-6-8-20/h3-5,9-10,17,19-20,29H,6-8,11-16,18H2,1-2H3,(H,30,31)(H,32,35). The van der Waals surface area contributed by atoms with Crippen molar-refractivity contribution in [3.63, 3.8) is 0 Å². The lowest BCUT2D eigenvalue weighted by molar-refractivity contribution is -0.140. The molecule has 2 heterocycles. The highest BCUT2D eigenvalue weighted by Crippen LogP contribution is 2.38. The first-order valence-electron chi connectivity index (χ1n) is 13.2. The van der Waals surface area contributed by atoms with Gasteiger partial charge in [0.15, 0.2) is 0 Å². The number of hydrogen-bond donors (Lipinski definition) is 3. The molecule has 3 N–H and O–H groups in total. The van der Waals surface area contributed by atoms with Crippen LogP contribution < -0.4 is 14.9 Å². The summed E-state index contributed by atoms with van der Waals surface area (Å²) in [5.74, 6) is 0.965. The number of aromatic nitrogens is 1. The summed E-state index contributed by atoms with van der Waals surface area (Å²) in [7, 11) is 3.09. The number of esters is 1. The van der Waals surface area contributed by atoms with E-state index in [-0.39, 0.29) is 29.9 Å². The average molecular weight is 540 g/mol. The fraction of sp³-hybridized carbons (Fsp3) is 0.500. The Labute approximate surface area is 228 Å². The third-order valence-corrected chi connectivity index (χ3v) is 7.95. The van der Waals surface area contributed by atoms with Gasteiger partial charge in [0.1, 0.15) is 11.5 Å². The van der Waals surface area contributed by atoms with Crippen LogP contribution in [0.1, 0.15) is 54.6 Å². The lowest BCUT2D eigenvalue weighted by Gasteiger charge is -2.36. The number of piperidine rings is 1. The number of amides is 1. The van der Waals surface area contributed by atoms with Crippen molar-refractivity contribution in [2.45, 2.75) is 38.5 Å². The summed E-state index contributed by atoms with van der Waals surface area (Å²) < 4.78 is 12.9. The first kappa shape index (κ1) is 27.9. The number of carbonyl (C=O) groups is 2. The van der Waals surface area contributed by atoms with Crippen molar-refractivity contribution in [2.75, 3.05) is 49.9 Å². The number of para-hydroxylation sites is 1. The Morgan fingerprint density at radius 1 is 1.13 bits per heavy atom. The number of pyridine rings is 1. The summed E-state index contributed by atoms with van der Waals surface area (Å²) in [6.07, 6.45) is 5.30. The average Bonchev–Trinajstić information content (AvgIpc) is 2.90. The minimum Gasteiger partial charge on any atom is -0.469 e. The highest BCUT2D eigenvalue weighted by molar-refractivity contribution is 7.97. The molecular weight excluding hydrogens is 502 g/mol. The molecule has 0 spiro atoms. The Morgan fingerprint density at radius 2 is 1.87 bits per heavy atom. The molecule has 1 aromatic heterocycles. The third kappa shape index (κ3) is 7.05. The van der Waals surface area contributed by atoms with Crippen LogP contribution in [0.25, 0.3) is 0 Å². The van der Waals surface area contributed by atoms with Gasteiger partial charge in [-0.3, -0.25) is 14.3 Å². The van der Waals surface area contributed by atoms with Crippen molar-refractivity contribution in [1.29, 1.82) is 5.41 Å². The molecule has 2 aromatic rings. The van der Waals surface area contributed by atoms with Gasteiger partial charge >= 0.3 is 5.97 Å². The van der Waals surface area contributed by atoms with E-state index >= 15 is 0 Å². The molecule has 0 atom stereocenters. The van der Waals surface area contributed by atoms with Crippen LogP contribution in [-0.2, 0) is 14.3 Å². The Kier molecular flexibility index (Phi) is 10.0. The molecule has 2 aliphatic rings. The Bertz CT molecular complexity index is 1120. The highest BCUT2D eigenvalue weighted by Gasteiger charge is 2.31. The van der Waals surface area contributed by atoms with Gasteiger partial charge in [-0.15, -0.1) is 0 Å². The van der Waals surface area contributed by atoms with Gasteiger partial charge in [0.2, 0.25) is 0 Å². The number of nitrogens with one attached hydrogen (secondary N) is 3. The summed E-state index contributed by atoms with van der Waals surface area (Å²) in [4.78, 5) is 31.6. The molecule has 1 saturated carbocycles. The van der Waals surface area contributed by atoms with Gasteiger partial charge in [-0.2, -0.15) is 0 Å². The zero-order chi connectivity index (χ0) is 26.9.